The standard InChI is InChI=1S/C13H12Br3NO2/c1-3-19-13(18)11-8-4-7(15)5-9(16)12(8)17(2)10(11)6-14/h4-5H,3,6H2,1-2H3. The van der Waals surface area contributed by atoms with Crippen molar-refractivity contribution in [3.63, 3.8) is 0 Å². The van der Waals surface area contributed by atoms with Gasteiger partial charge in [-0.15, -0.1) is 0 Å². The van der Waals surface area contributed by atoms with Gasteiger partial charge in [-0.1, -0.05) is 31.9 Å². The Labute approximate surface area is 136 Å². The molecular formula is C13H12Br3NO2. The van der Waals surface area contributed by atoms with E-state index in [0.717, 1.165) is 25.5 Å². The fourth-order valence-corrected chi connectivity index (χ4v) is 4.29. The van der Waals surface area contributed by atoms with Crippen LogP contribution in [0.4, 0.5) is 0 Å². The number of aromatic nitrogens is 1. The molecule has 0 bridgehead atoms. The highest BCUT2D eigenvalue weighted by molar-refractivity contribution is 9.11. The van der Waals surface area contributed by atoms with Crippen molar-refractivity contribution in [3.05, 3.63) is 32.3 Å². The van der Waals surface area contributed by atoms with Crippen LogP contribution in [0.2, 0.25) is 0 Å². The van der Waals surface area contributed by atoms with Crippen molar-refractivity contribution in [1.29, 1.82) is 0 Å². The van der Waals surface area contributed by atoms with E-state index in [1.54, 1.807) is 0 Å². The highest BCUT2D eigenvalue weighted by atomic mass is 79.9. The maximum Gasteiger partial charge on any atom is 0.340 e. The lowest BCUT2D eigenvalue weighted by atomic mass is 10.1. The lowest BCUT2D eigenvalue weighted by Gasteiger charge is -2.04. The van der Waals surface area contributed by atoms with E-state index in [-0.39, 0.29) is 5.97 Å². The van der Waals surface area contributed by atoms with Gasteiger partial charge in [0.25, 0.3) is 0 Å². The fraction of sp³-hybridized carbons (Fsp3) is 0.308. The smallest absolute Gasteiger partial charge is 0.340 e. The van der Waals surface area contributed by atoms with Gasteiger partial charge in [0.1, 0.15) is 0 Å². The molecule has 2 rings (SSSR count). The van der Waals surface area contributed by atoms with Gasteiger partial charge in [-0.25, -0.2) is 4.79 Å². The number of halogens is 3. The van der Waals surface area contributed by atoms with E-state index < -0.39 is 0 Å². The molecule has 0 aliphatic carbocycles. The molecule has 0 N–H and O–H groups in total. The maximum absolute atomic E-state index is 12.2. The van der Waals surface area contributed by atoms with Gasteiger partial charge in [-0.05, 0) is 35.0 Å². The molecule has 3 nitrogen and oxygen atoms in total. The first-order chi connectivity index (χ1) is 9.01. The zero-order chi connectivity index (χ0) is 14.2. The lowest BCUT2D eigenvalue weighted by molar-refractivity contribution is 0.0527. The van der Waals surface area contributed by atoms with Gasteiger partial charge in [-0.2, -0.15) is 0 Å². The van der Waals surface area contributed by atoms with Crippen LogP contribution in [-0.4, -0.2) is 17.1 Å². The molecule has 0 saturated carbocycles. The van der Waals surface area contributed by atoms with Gasteiger partial charge in [0.2, 0.25) is 0 Å². The summed E-state index contributed by atoms with van der Waals surface area (Å²) in [4.78, 5) is 12.2. The third kappa shape index (κ3) is 2.62. The molecule has 102 valence electrons. The molecule has 2 aromatic rings. The monoisotopic (exact) mass is 451 g/mol. The second kappa shape index (κ2) is 5.97. The van der Waals surface area contributed by atoms with Gasteiger partial charge < -0.3 is 9.30 Å². The minimum Gasteiger partial charge on any atom is -0.462 e. The van der Waals surface area contributed by atoms with Crippen molar-refractivity contribution in [3.8, 4) is 0 Å². The zero-order valence-corrected chi connectivity index (χ0v) is 15.2. The summed E-state index contributed by atoms with van der Waals surface area (Å²) < 4.78 is 9.04. The van der Waals surface area contributed by atoms with E-state index in [9.17, 15) is 4.79 Å². The summed E-state index contributed by atoms with van der Waals surface area (Å²) >= 11 is 10.4. The van der Waals surface area contributed by atoms with Crippen LogP contribution in [0.3, 0.4) is 0 Å². The molecule has 0 aliphatic rings. The Kier molecular flexibility index (Phi) is 4.74. The minimum absolute atomic E-state index is 0.285. The quantitative estimate of drug-likeness (QED) is 0.495. The van der Waals surface area contributed by atoms with Gasteiger partial charge >= 0.3 is 5.97 Å². The van der Waals surface area contributed by atoms with Gasteiger partial charge in [0.15, 0.2) is 0 Å². The Hall–Kier alpha value is -0.330. The summed E-state index contributed by atoms with van der Waals surface area (Å²) in [6.07, 6.45) is 0. The summed E-state index contributed by atoms with van der Waals surface area (Å²) in [5.41, 5.74) is 2.52. The van der Waals surface area contributed by atoms with Crippen LogP contribution >= 0.6 is 47.8 Å². The number of hydrogen-bond acceptors (Lipinski definition) is 2. The number of nitrogens with zero attached hydrogens (tertiary/aromatic N) is 1. The topological polar surface area (TPSA) is 31.2 Å². The Morgan fingerprint density at radius 2 is 2.05 bits per heavy atom. The van der Waals surface area contributed by atoms with E-state index in [2.05, 4.69) is 47.8 Å². The predicted octanol–water partition coefficient (Wildman–Crippen LogP) is 4.77. The lowest BCUT2D eigenvalue weighted by Crippen LogP contribution is -2.07. The molecule has 0 amide bonds. The number of aryl methyl sites for hydroxylation is 1. The molecule has 6 heteroatoms. The second-order valence-corrected chi connectivity index (χ2v) is 6.35. The maximum atomic E-state index is 12.2. The van der Waals surface area contributed by atoms with Crippen molar-refractivity contribution in [2.24, 2.45) is 7.05 Å². The summed E-state index contributed by atoms with van der Waals surface area (Å²) in [5.74, 6) is -0.285. The first-order valence-electron chi connectivity index (χ1n) is 5.70. The number of esters is 1. The van der Waals surface area contributed by atoms with Crippen LogP contribution in [0.25, 0.3) is 10.9 Å². The molecule has 0 fully saturated rings. The minimum atomic E-state index is -0.285. The Morgan fingerprint density at radius 1 is 1.37 bits per heavy atom. The van der Waals surface area contributed by atoms with E-state index in [1.165, 1.54) is 0 Å². The van der Waals surface area contributed by atoms with Crippen LogP contribution in [0, 0.1) is 0 Å². The van der Waals surface area contributed by atoms with Crippen LogP contribution in [0.1, 0.15) is 23.0 Å². The van der Waals surface area contributed by atoms with E-state index in [0.29, 0.717) is 17.5 Å². The Morgan fingerprint density at radius 3 is 2.63 bits per heavy atom. The fourth-order valence-electron chi connectivity index (χ4n) is 2.14. The number of benzene rings is 1. The molecule has 0 radical (unpaired) electrons. The third-order valence-corrected chi connectivity index (χ3v) is 4.53. The Balaban J connectivity index is 2.83. The summed E-state index contributed by atoms with van der Waals surface area (Å²) in [5, 5.41) is 1.48. The van der Waals surface area contributed by atoms with Crippen molar-refractivity contribution < 1.29 is 9.53 Å². The number of ether oxygens (including phenoxy) is 1. The predicted molar refractivity (Wildman–Crippen MR) is 86.9 cm³/mol. The van der Waals surface area contributed by atoms with Crippen molar-refractivity contribution >= 4 is 64.7 Å². The number of carbonyl (C=O) groups excluding carboxylic acids is 1. The van der Waals surface area contributed by atoms with Crippen molar-refractivity contribution in [2.45, 2.75) is 12.3 Å². The SMILES string of the molecule is CCOC(=O)c1c(CBr)n(C)c2c(Br)cc(Br)cc12. The Bertz CT molecular complexity index is 649. The molecule has 0 aliphatic heterocycles. The van der Waals surface area contributed by atoms with E-state index >= 15 is 0 Å². The van der Waals surface area contributed by atoms with Crippen molar-refractivity contribution in [1.82, 2.24) is 4.57 Å². The second-order valence-electron chi connectivity index (χ2n) is 4.02. The molecular weight excluding hydrogens is 442 g/mol. The number of hydrogen-bond donors (Lipinski definition) is 0. The highest BCUT2D eigenvalue weighted by Crippen LogP contribution is 2.35. The van der Waals surface area contributed by atoms with Crippen LogP contribution in [-0.2, 0) is 17.1 Å². The average molecular weight is 454 g/mol. The normalized spacial score (nSPS) is 11.0. The first-order valence-corrected chi connectivity index (χ1v) is 8.41. The van der Waals surface area contributed by atoms with Gasteiger partial charge in [0, 0.05) is 32.4 Å². The molecule has 0 unspecified atom stereocenters. The highest BCUT2D eigenvalue weighted by Gasteiger charge is 2.23. The summed E-state index contributed by atoms with van der Waals surface area (Å²) in [6, 6.07) is 3.91. The number of alkyl halides is 1. The molecule has 0 atom stereocenters. The van der Waals surface area contributed by atoms with Crippen LogP contribution in [0.5, 0.6) is 0 Å². The van der Waals surface area contributed by atoms with Crippen LogP contribution in [0.15, 0.2) is 21.1 Å². The number of rotatable bonds is 3. The van der Waals surface area contributed by atoms with Gasteiger partial charge in [-0.3, -0.25) is 0 Å². The number of carbonyl (C=O) groups is 1. The third-order valence-electron chi connectivity index (χ3n) is 2.93. The molecule has 1 aromatic carbocycles. The molecule has 0 saturated heterocycles. The van der Waals surface area contributed by atoms with Gasteiger partial charge in [0.05, 0.1) is 17.7 Å². The zero-order valence-electron chi connectivity index (χ0n) is 10.5. The number of fused-ring (bicyclic) bond motifs is 1. The average Bonchev–Trinajstić information content (AvgIpc) is 2.61. The summed E-state index contributed by atoms with van der Waals surface area (Å²) in [6.45, 7) is 2.18. The van der Waals surface area contributed by atoms with E-state index in [4.69, 9.17) is 4.74 Å². The summed E-state index contributed by atoms with van der Waals surface area (Å²) in [7, 11) is 1.94. The van der Waals surface area contributed by atoms with Crippen molar-refractivity contribution in [2.75, 3.05) is 6.61 Å². The molecule has 19 heavy (non-hydrogen) atoms. The van der Waals surface area contributed by atoms with E-state index in [1.807, 2.05) is 30.7 Å². The molecule has 1 heterocycles. The first kappa shape index (κ1) is 15.1. The largest absolute Gasteiger partial charge is 0.462 e. The van der Waals surface area contributed by atoms with Crippen LogP contribution < -0.4 is 0 Å². The molecule has 1 aromatic heterocycles. The molecule has 0 spiro atoms.